The summed E-state index contributed by atoms with van der Waals surface area (Å²) in [6.07, 6.45) is 0.132. The van der Waals surface area contributed by atoms with Gasteiger partial charge in [-0.05, 0) is 59.5 Å². The Hall–Kier alpha value is -4.34. The third-order valence-electron chi connectivity index (χ3n) is 7.19. The maximum Gasteiger partial charge on any atom is 0.326 e. The summed E-state index contributed by atoms with van der Waals surface area (Å²) in [6.45, 7) is 0. The smallest absolute Gasteiger partial charge is 0.326 e. The van der Waals surface area contributed by atoms with Gasteiger partial charge in [-0.1, -0.05) is 48.0 Å². The Kier molecular flexibility index (Phi) is 7.51. The summed E-state index contributed by atoms with van der Waals surface area (Å²) in [6, 6.07) is 18.5. The van der Waals surface area contributed by atoms with Gasteiger partial charge in [-0.15, -0.1) is 0 Å². The maximum absolute atomic E-state index is 13.1. The molecule has 1 aliphatic carbocycles. The second kappa shape index (κ2) is 11.0. The Bertz CT molecular complexity index is 1580. The molecule has 0 spiro atoms. The number of aliphatic hydroxyl groups is 1. The molecule has 4 aromatic rings. The Morgan fingerprint density at radius 1 is 1.05 bits per heavy atom. The lowest BCUT2D eigenvalue weighted by Gasteiger charge is -2.38. The van der Waals surface area contributed by atoms with E-state index in [1.165, 1.54) is 12.1 Å². The van der Waals surface area contributed by atoms with Gasteiger partial charge in [-0.3, -0.25) is 9.59 Å². The van der Waals surface area contributed by atoms with Gasteiger partial charge in [0.1, 0.15) is 23.1 Å². The highest BCUT2D eigenvalue weighted by atomic mass is 35.5. The zero-order valence-corrected chi connectivity index (χ0v) is 22.1. The van der Waals surface area contributed by atoms with Crippen molar-refractivity contribution in [1.29, 1.82) is 0 Å². The fraction of sp³-hybridized carbons (Fsp3) is 0.233. The number of fused-ring (bicyclic) bond motifs is 2. The number of carbonyl (C=O) groups is 3. The summed E-state index contributed by atoms with van der Waals surface area (Å²) in [5.74, 6) is -2.16. The molecule has 1 aliphatic rings. The minimum Gasteiger partial charge on any atom is -0.508 e. The summed E-state index contributed by atoms with van der Waals surface area (Å²) in [4.78, 5) is 41.2. The zero-order valence-electron chi connectivity index (χ0n) is 21.4. The number of carbonyl (C=O) groups excluding carboxylic acids is 2. The summed E-state index contributed by atoms with van der Waals surface area (Å²) in [5, 5.41) is 37.8. The molecule has 2 amide bonds. The molecule has 10 heteroatoms. The summed E-state index contributed by atoms with van der Waals surface area (Å²) in [7, 11) is 0. The highest BCUT2D eigenvalue weighted by Crippen LogP contribution is 2.38. The van der Waals surface area contributed by atoms with Crippen LogP contribution in [0.2, 0.25) is 5.02 Å². The lowest BCUT2D eigenvalue weighted by molar-refractivity contribution is -0.143. The van der Waals surface area contributed by atoms with E-state index >= 15 is 0 Å². The van der Waals surface area contributed by atoms with Crippen molar-refractivity contribution in [2.45, 2.75) is 43.4 Å². The number of halogens is 1. The quantitative estimate of drug-likeness (QED) is 0.193. The SMILES string of the molecule is O=C(C[C@@]1(O)CC(NC(=O)c2cc3cc(Cl)ccc3[nH]2)Cc2ccccc21)N[C@@H](Cc1ccc(O)cc1)C(=O)O. The monoisotopic (exact) mass is 561 g/mol. The summed E-state index contributed by atoms with van der Waals surface area (Å²) in [5.41, 5.74) is 1.45. The molecule has 0 aliphatic heterocycles. The van der Waals surface area contributed by atoms with Crippen LogP contribution in [0.25, 0.3) is 10.9 Å². The van der Waals surface area contributed by atoms with Gasteiger partial charge in [0.2, 0.25) is 5.91 Å². The number of carboxylic acids is 1. The number of hydrogen-bond donors (Lipinski definition) is 6. The molecule has 0 saturated heterocycles. The minimum absolute atomic E-state index is 0.00473. The van der Waals surface area contributed by atoms with E-state index in [1.54, 1.807) is 48.5 Å². The van der Waals surface area contributed by atoms with Gasteiger partial charge in [0.15, 0.2) is 0 Å². The van der Waals surface area contributed by atoms with Gasteiger partial charge in [-0.2, -0.15) is 0 Å². The standard InChI is InChI=1S/C30H28ClN3O6/c31-20-7-10-24-19(12-20)14-25(33-24)28(37)32-21-13-18-3-1-2-4-23(18)30(40,15-21)16-27(36)34-26(29(38)39)11-17-5-8-22(35)9-6-17/h1-10,12,14,21,26,33,35,40H,11,13,15-16H2,(H,32,37)(H,34,36)(H,38,39)/t21?,26-,30-/m0/s1. The highest BCUT2D eigenvalue weighted by Gasteiger charge is 2.41. The van der Waals surface area contributed by atoms with Crippen molar-refractivity contribution in [3.8, 4) is 5.75 Å². The molecule has 40 heavy (non-hydrogen) atoms. The van der Waals surface area contributed by atoms with E-state index in [0.717, 1.165) is 16.5 Å². The predicted octanol–water partition coefficient (Wildman–Crippen LogP) is 3.66. The first kappa shape index (κ1) is 27.2. The second-order valence-electron chi connectivity index (χ2n) is 10.2. The van der Waals surface area contributed by atoms with E-state index in [2.05, 4.69) is 15.6 Å². The number of aliphatic carboxylic acids is 1. The molecular weight excluding hydrogens is 534 g/mol. The second-order valence-corrected chi connectivity index (χ2v) is 10.6. The van der Waals surface area contributed by atoms with Crippen LogP contribution in [0.4, 0.5) is 0 Å². The van der Waals surface area contributed by atoms with Gasteiger partial charge in [0, 0.05) is 34.8 Å². The van der Waals surface area contributed by atoms with Crippen LogP contribution in [0.3, 0.4) is 0 Å². The Labute approximate surface area is 234 Å². The first-order chi connectivity index (χ1) is 19.1. The summed E-state index contributed by atoms with van der Waals surface area (Å²) < 4.78 is 0. The molecule has 0 fully saturated rings. The van der Waals surface area contributed by atoms with E-state index in [1.807, 2.05) is 12.1 Å². The average molecular weight is 562 g/mol. The van der Waals surface area contributed by atoms with Crippen molar-refractivity contribution in [2.75, 3.05) is 0 Å². The molecule has 0 radical (unpaired) electrons. The van der Waals surface area contributed by atoms with Crippen molar-refractivity contribution in [1.82, 2.24) is 15.6 Å². The molecule has 3 atom stereocenters. The van der Waals surface area contributed by atoms with E-state index in [0.29, 0.717) is 28.3 Å². The van der Waals surface area contributed by atoms with Crippen LogP contribution in [0.5, 0.6) is 5.75 Å². The normalized spacial score (nSPS) is 19.0. The largest absolute Gasteiger partial charge is 0.508 e. The fourth-order valence-electron chi connectivity index (χ4n) is 5.34. The molecule has 5 rings (SSSR count). The molecule has 1 unspecified atom stereocenters. The Morgan fingerprint density at radius 3 is 2.55 bits per heavy atom. The van der Waals surface area contributed by atoms with Crippen LogP contribution in [0, 0.1) is 0 Å². The molecule has 0 saturated carbocycles. The van der Waals surface area contributed by atoms with E-state index < -0.39 is 29.6 Å². The van der Waals surface area contributed by atoms with Crippen LogP contribution in [0.1, 0.15) is 40.0 Å². The first-order valence-corrected chi connectivity index (χ1v) is 13.2. The summed E-state index contributed by atoms with van der Waals surface area (Å²) >= 11 is 6.06. The molecule has 6 N–H and O–H groups in total. The van der Waals surface area contributed by atoms with Crippen molar-refractivity contribution in [3.05, 3.63) is 100 Å². The molecule has 1 heterocycles. The molecule has 0 bridgehead atoms. The number of aromatic nitrogens is 1. The van der Waals surface area contributed by atoms with Gasteiger partial charge in [-0.25, -0.2) is 4.79 Å². The lowest BCUT2D eigenvalue weighted by atomic mass is 9.74. The number of phenols is 1. The van der Waals surface area contributed by atoms with Gasteiger partial charge in [0.05, 0.1) is 6.42 Å². The number of benzene rings is 3. The van der Waals surface area contributed by atoms with Gasteiger partial charge < -0.3 is 30.9 Å². The van der Waals surface area contributed by atoms with Crippen molar-refractivity contribution < 1.29 is 29.7 Å². The minimum atomic E-state index is -1.63. The lowest BCUT2D eigenvalue weighted by Crippen LogP contribution is -2.50. The number of carboxylic acid groups (broad SMARTS) is 1. The van der Waals surface area contributed by atoms with Crippen LogP contribution in [-0.2, 0) is 28.0 Å². The van der Waals surface area contributed by atoms with Crippen LogP contribution >= 0.6 is 11.6 Å². The van der Waals surface area contributed by atoms with Gasteiger partial charge in [0.25, 0.3) is 5.91 Å². The van der Waals surface area contributed by atoms with E-state index in [9.17, 15) is 29.7 Å². The molecule has 9 nitrogen and oxygen atoms in total. The Morgan fingerprint density at radius 2 is 1.80 bits per heavy atom. The number of amides is 2. The highest BCUT2D eigenvalue weighted by molar-refractivity contribution is 6.31. The van der Waals surface area contributed by atoms with Crippen LogP contribution in [-0.4, -0.2) is 50.2 Å². The number of hydrogen-bond acceptors (Lipinski definition) is 5. The number of rotatable bonds is 8. The number of nitrogens with one attached hydrogen (secondary N) is 3. The van der Waals surface area contributed by atoms with Crippen molar-refractivity contribution in [2.24, 2.45) is 0 Å². The van der Waals surface area contributed by atoms with Crippen molar-refractivity contribution >= 4 is 40.3 Å². The van der Waals surface area contributed by atoms with Gasteiger partial charge >= 0.3 is 5.97 Å². The third-order valence-corrected chi connectivity index (χ3v) is 7.43. The third kappa shape index (κ3) is 5.95. The van der Waals surface area contributed by atoms with Crippen LogP contribution in [0.15, 0.2) is 72.8 Å². The molecule has 206 valence electrons. The maximum atomic E-state index is 13.1. The van der Waals surface area contributed by atoms with Crippen LogP contribution < -0.4 is 10.6 Å². The Balaban J connectivity index is 1.31. The fourth-order valence-corrected chi connectivity index (χ4v) is 5.53. The number of H-pyrrole nitrogens is 1. The molecular formula is C30H28ClN3O6. The zero-order chi connectivity index (χ0) is 28.4. The van der Waals surface area contributed by atoms with Crippen molar-refractivity contribution in [3.63, 3.8) is 0 Å². The topological polar surface area (TPSA) is 152 Å². The first-order valence-electron chi connectivity index (χ1n) is 12.8. The number of aromatic amines is 1. The molecule has 1 aromatic heterocycles. The molecule has 3 aromatic carbocycles. The van der Waals surface area contributed by atoms with E-state index in [4.69, 9.17) is 11.6 Å². The predicted molar refractivity (Wildman–Crippen MR) is 149 cm³/mol. The average Bonchev–Trinajstić information content (AvgIpc) is 3.33. The number of phenolic OH excluding ortho intramolecular Hbond substituents is 1. The number of aromatic hydroxyl groups is 1. The van der Waals surface area contributed by atoms with E-state index in [-0.39, 0.29) is 30.9 Å².